The fourth-order valence-electron chi connectivity index (χ4n) is 3.39. The highest BCUT2D eigenvalue weighted by atomic mass is 79.9. The topological polar surface area (TPSA) is 79.6 Å². The molecule has 0 aromatic heterocycles. The van der Waals surface area contributed by atoms with Gasteiger partial charge >= 0.3 is 0 Å². The monoisotopic (exact) mass is 568 g/mol. The predicted octanol–water partition coefficient (Wildman–Crippen LogP) is 6.80. The Morgan fingerprint density at radius 1 is 1.11 bits per heavy atom. The van der Waals surface area contributed by atoms with Gasteiger partial charge in [0.1, 0.15) is 6.61 Å². The number of benzene rings is 3. The van der Waals surface area contributed by atoms with Gasteiger partial charge in [0, 0.05) is 15.1 Å². The molecule has 3 aromatic carbocycles. The van der Waals surface area contributed by atoms with Gasteiger partial charge in [0.2, 0.25) is 0 Å². The Balaban J connectivity index is 1.54. The molecule has 176 valence electrons. The minimum Gasteiger partial charge on any atom is -0.493 e. The van der Waals surface area contributed by atoms with Gasteiger partial charge in [-0.05, 0) is 59.3 Å². The zero-order chi connectivity index (χ0) is 24.9. The number of nitrogens with zero attached hydrogens (tertiary/aromatic N) is 2. The van der Waals surface area contributed by atoms with E-state index in [1.165, 1.54) is 12.0 Å². The first-order valence-electron chi connectivity index (χ1n) is 10.4. The van der Waals surface area contributed by atoms with Crippen LogP contribution in [0.3, 0.4) is 0 Å². The first-order valence-corrected chi connectivity index (χ1v) is 12.4. The average molecular weight is 570 g/mol. The fraction of sp³-hybridized carbons (Fsp3) is 0.115. The second kappa shape index (κ2) is 11.0. The molecule has 0 unspecified atom stereocenters. The van der Waals surface area contributed by atoms with Crippen molar-refractivity contribution in [3.05, 3.63) is 97.3 Å². The molecule has 6 nitrogen and oxygen atoms in total. The number of methoxy groups -OCH3 is 1. The third-order valence-corrected chi connectivity index (χ3v) is 7.06. The molecule has 1 aliphatic rings. The van der Waals surface area contributed by atoms with Crippen molar-refractivity contribution in [2.24, 2.45) is 0 Å². The highest BCUT2D eigenvalue weighted by Gasteiger charge is 2.35. The molecule has 2 amide bonds. The summed E-state index contributed by atoms with van der Waals surface area (Å²) in [7, 11) is 1.52. The number of amides is 2. The highest BCUT2D eigenvalue weighted by molar-refractivity contribution is 9.10. The molecule has 1 saturated heterocycles. The summed E-state index contributed by atoms with van der Waals surface area (Å²) in [5.41, 5.74) is 2.76. The van der Waals surface area contributed by atoms with E-state index < -0.39 is 0 Å². The predicted molar refractivity (Wildman–Crippen MR) is 139 cm³/mol. The van der Waals surface area contributed by atoms with Gasteiger partial charge < -0.3 is 9.47 Å². The van der Waals surface area contributed by atoms with Crippen LogP contribution in [-0.4, -0.2) is 23.2 Å². The van der Waals surface area contributed by atoms with E-state index in [2.05, 4.69) is 22.0 Å². The second-order valence-corrected chi connectivity index (χ2v) is 9.76. The number of hydrogen-bond donors (Lipinski definition) is 0. The van der Waals surface area contributed by atoms with Crippen molar-refractivity contribution in [3.63, 3.8) is 0 Å². The SMILES string of the molecule is COc1cc(/C=C2\SC(=O)N(Cc3ccc(Cl)cc3)C2=O)c(Br)cc1OCc1ccccc1C#N. The molecule has 0 N–H and O–H groups in total. The Hall–Kier alpha value is -3.25. The summed E-state index contributed by atoms with van der Waals surface area (Å²) in [6, 6.07) is 19.8. The number of thioether (sulfide) groups is 1. The number of ether oxygens (including phenoxy) is 2. The van der Waals surface area contributed by atoms with Crippen LogP contribution in [0.4, 0.5) is 4.79 Å². The number of imide groups is 1. The molecule has 1 fully saturated rings. The van der Waals surface area contributed by atoms with Gasteiger partial charge in [0.05, 0.1) is 30.2 Å². The molecule has 0 bridgehead atoms. The molecule has 35 heavy (non-hydrogen) atoms. The van der Waals surface area contributed by atoms with Crippen LogP contribution in [0.2, 0.25) is 5.02 Å². The number of nitriles is 1. The van der Waals surface area contributed by atoms with Crippen LogP contribution in [0.15, 0.2) is 70.0 Å². The number of carbonyl (C=O) groups is 2. The summed E-state index contributed by atoms with van der Waals surface area (Å²) in [5.74, 6) is 0.559. The standard InChI is InChI=1S/C26H18BrClN2O4S/c1-33-22-10-19(21(27)12-23(22)34-15-18-5-3-2-4-17(18)13-29)11-24-25(31)30(26(32)35-24)14-16-6-8-20(28)9-7-16/h2-12H,14-15H2,1H3/b24-11-. The molecule has 1 heterocycles. The molecule has 4 rings (SSSR count). The number of rotatable bonds is 7. The molecular weight excluding hydrogens is 552 g/mol. The molecular formula is C26H18BrClN2O4S. The molecule has 9 heteroatoms. The van der Waals surface area contributed by atoms with Crippen molar-refractivity contribution < 1.29 is 19.1 Å². The summed E-state index contributed by atoms with van der Waals surface area (Å²) in [4.78, 5) is 27.0. The van der Waals surface area contributed by atoms with Gasteiger partial charge in [-0.15, -0.1) is 0 Å². The maximum Gasteiger partial charge on any atom is 0.293 e. The second-order valence-electron chi connectivity index (χ2n) is 7.48. The van der Waals surface area contributed by atoms with Gasteiger partial charge in [-0.2, -0.15) is 5.26 Å². The number of carbonyl (C=O) groups excluding carboxylic acids is 2. The van der Waals surface area contributed by atoms with Crippen molar-refractivity contribution in [3.8, 4) is 17.6 Å². The van der Waals surface area contributed by atoms with Crippen LogP contribution in [0, 0.1) is 11.3 Å². The molecule has 0 saturated carbocycles. The molecule has 0 spiro atoms. The first kappa shape index (κ1) is 24.9. The minimum absolute atomic E-state index is 0.167. The summed E-state index contributed by atoms with van der Waals surface area (Å²) in [6.45, 7) is 0.357. The molecule has 0 aliphatic carbocycles. The van der Waals surface area contributed by atoms with E-state index in [9.17, 15) is 14.9 Å². The Morgan fingerprint density at radius 3 is 2.57 bits per heavy atom. The Bertz CT molecular complexity index is 1370. The van der Waals surface area contributed by atoms with E-state index in [-0.39, 0.29) is 24.3 Å². The largest absolute Gasteiger partial charge is 0.493 e. The highest BCUT2D eigenvalue weighted by Crippen LogP contribution is 2.38. The smallest absolute Gasteiger partial charge is 0.293 e. The normalized spacial score (nSPS) is 14.3. The fourth-order valence-corrected chi connectivity index (χ4v) is 4.79. The summed E-state index contributed by atoms with van der Waals surface area (Å²) in [6.07, 6.45) is 1.65. The average Bonchev–Trinajstić information content (AvgIpc) is 3.12. The zero-order valence-corrected chi connectivity index (χ0v) is 21.6. The van der Waals surface area contributed by atoms with Crippen LogP contribution >= 0.6 is 39.3 Å². The van der Waals surface area contributed by atoms with Gasteiger partial charge in [-0.25, -0.2) is 0 Å². The van der Waals surface area contributed by atoms with Crippen LogP contribution in [-0.2, 0) is 17.9 Å². The van der Waals surface area contributed by atoms with Gasteiger partial charge in [0.25, 0.3) is 11.1 Å². The summed E-state index contributed by atoms with van der Waals surface area (Å²) < 4.78 is 12.1. The molecule has 0 radical (unpaired) electrons. The van der Waals surface area contributed by atoms with Crippen molar-refractivity contribution in [2.45, 2.75) is 13.2 Å². The van der Waals surface area contributed by atoms with Crippen LogP contribution in [0.5, 0.6) is 11.5 Å². The zero-order valence-electron chi connectivity index (χ0n) is 18.5. The maximum atomic E-state index is 12.9. The maximum absolute atomic E-state index is 12.9. The van der Waals surface area contributed by atoms with Crippen molar-refractivity contribution in [1.29, 1.82) is 5.26 Å². The van der Waals surface area contributed by atoms with E-state index >= 15 is 0 Å². The molecule has 1 aliphatic heterocycles. The quantitative estimate of drug-likeness (QED) is 0.291. The first-order chi connectivity index (χ1) is 16.9. The Morgan fingerprint density at radius 2 is 1.86 bits per heavy atom. The van der Waals surface area contributed by atoms with E-state index in [0.717, 1.165) is 22.9 Å². The lowest BCUT2D eigenvalue weighted by atomic mass is 10.1. The third-order valence-electron chi connectivity index (χ3n) is 5.22. The lowest BCUT2D eigenvalue weighted by molar-refractivity contribution is -0.123. The van der Waals surface area contributed by atoms with Gasteiger partial charge in [-0.3, -0.25) is 14.5 Å². The Labute approximate surface area is 220 Å². The van der Waals surface area contributed by atoms with Crippen molar-refractivity contribution in [2.75, 3.05) is 7.11 Å². The van der Waals surface area contributed by atoms with Crippen LogP contribution in [0.25, 0.3) is 6.08 Å². The number of hydrogen-bond acceptors (Lipinski definition) is 6. The van der Waals surface area contributed by atoms with Crippen molar-refractivity contribution >= 4 is 56.5 Å². The molecule has 0 atom stereocenters. The Kier molecular flexibility index (Phi) is 7.81. The van der Waals surface area contributed by atoms with Crippen LogP contribution < -0.4 is 9.47 Å². The number of halogens is 2. The molecule has 3 aromatic rings. The van der Waals surface area contributed by atoms with Crippen LogP contribution in [0.1, 0.15) is 22.3 Å². The van der Waals surface area contributed by atoms with E-state index in [0.29, 0.717) is 37.0 Å². The third kappa shape index (κ3) is 5.70. The summed E-state index contributed by atoms with van der Waals surface area (Å²) in [5, 5.41) is 9.53. The minimum atomic E-state index is -0.366. The van der Waals surface area contributed by atoms with E-state index in [1.807, 2.05) is 12.1 Å². The summed E-state index contributed by atoms with van der Waals surface area (Å²) >= 11 is 10.3. The van der Waals surface area contributed by atoms with E-state index in [1.54, 1.807) is 54.6 Å². The van der Waals surface area contributed by atoms with Gasteiger partial charge in [0.15, 0.2) is 11.5 Å². The van der Waals surface area contributed by atoms with Crippen molar-refractivity contribution in [1.82, 2.24) is 4.90 Å². The lowest BCUT2D eigenvalue weighted by Crippen LogP contribution is -2.27. The van der Waals surface area contributed by atoms with E-state index in [4.69, 9.17) is 21.1 Å². The lowest BCUT2D eigenvalue weighted by Gasteiger charge is -2.14. The van der Waals surface area contributed by atoms with Gasteiger partial charge in [-0.1, -0.05) is 57.9 Å².